The summed E-state index contributed by atoms with van der Waals surface area (Å²) >= 11 is 1.29. The molecule has 2 aromatic carbocycles. The van der Waals surface area contributed by atoms with Crippen LogP contribution in [0.3, 0.4) is 0 Å². The van der Waals surface area contributed by atoms with E-state index in [4.69, 9.17) is 14.7 Å². The minimum Gasteiger partial charge on any atom is -0.497 e. The van der Waals surface area contributed by atoms with E-state index in [2.05, 4.69) is 11.1 Å². The van der Waals surface area contributed by atoms with E-state index < -0.39 is 5.97 Å². The highest BCUT2D eigenvalue weighted by molar-refractivity contribution is 7.17. The van der Waals surface area contributed by atoms with E-state index in [1.54, 1.807) is 32.2 Å². The number of carbonyl (C=O) groups is 1. The van der Waals surface area contributed by atoms with Gasteiger partial charge in [0.1, 0.15) is 22.2 Å². The number of carbonyl (C=O) groups excluding carboxylic acids is 1. The van der Waals surface area contributed by atoms with Gasteiger partial charge in [0.05, 0.1) is 24.4 Å². The van der Waals surface area contributed by atoms with Crippen molar-refractivity contribution in [3.05, 3.63) is 70.2 Å². The molecule has 130 valence electrons. The smallest absolute Gasteiger partial charge is 0.350 e. The van der Waals surface area contributed by atoms with Crippen molar-refractivity contribution in [3.63, 3.8) is 0 Å². The first-order valence-corrected chi connectivity index (χ1v) is 8.71. The van der Waals surface area contributed by atoms with Crippen LogP contribution in [0.25, 0.3) is 10.6 Å². The predicted molar refractivity (Wildman–Crippen MR) is 99.1 cm³/mol. The first kappa shape index (κ1) is 17.6. The van der Waals surface area contributed by atoms with Crippen molar-refractivity contribution < 1.29 is 14.3 Å². The normalized spacial score (nSPS) is 10.2. The van der Waals surface area contributed by atoms with Gasteiger partial charge in [-0.3, -0.25) is 0 Å². The van der Waals surface area contributed by atoms with E-state index in [1.807, 2.05) is 30.3 Å². The molecule has 0 saturated carbocycles. The highest BCUT2D eigenvalue weighted by Gasteiger charge is 2.18. The lowest BCUT2D eigenvalue weighted by molar-refractivity contribution is 0.0477. The second-order valence-electron chi connectivity index (χ2n) is 5.51. The molecule has 0 fully saturated rings. The molecule has 0 unspecified atom stereocenters. The summed E-state index contributed by atoms with van der Waals surface area (Å²) in [5, 5.41) is 9.85. The molecule has 0 radical (unpaired) electrons. The molecular weight excluding hydrogens is 348 g/mol. The Balaban J connectivity index is 1.76. The van der Waals surface area contributed by atoms with E-state index >= 15 is 0 Å². The van der Waals surface area contributed by atoms with Gasteiger partial charge in [0, 0.05) is 11.1 Å². The van der Waals surface area contributed by atoms with Crippen LogP contribution in [0, 0.1) is 18.3 Å². The van der Waals surface area contributed by atoms with E-state index in [0.717, 1.165) is 16.3 Å². The molecule has 0 spiro atoms. The lowest BCUT2D eigenvalue weighted by Gasteiger charge is -2.05. The molecule has 1 aromatic heterocycles. The van der Waals surface area contributed by atoms with Gasteiger partial charge in [-0.1, -0.05) is 18.2 Å². The minimum atomic E-state index is -0.437. The molecule has 0 aliphatic carbocycles. The Morgan fingerprint density at radius 1 is 1.19 bits per heavy atom. The van der Waals surface area contributed by atoms with Crippen LogP contribution in [-0.4, -0.2) is 18.1 Å². The van der Waals surface area contributed by atoms with Gasteiger partial charge >= 0.3 is 5.97 Å². The van der Waals surface area contributed by atoms with E-state index in [1.165, 1.54) is 11.3 Å². The van der Waals surface area contributed by atoms with Gasteiger partial charge in [0.25, 0.3) is 0 Å². The Morgan fingerprint density at radius 3 is 2.62 bits per heavy atom. The second kappa shape index (κ2) is 7.81. The molecule has 0 saturated heterocycles. The maximum atomic E-state index is 12.4. The number of nitriles is 1. The second-order valence-corrected chi connectivity index (χ2v) is 6.51. The zero-order chi connectivity index (χ0) is 18.5. The van der Waals surface area contributed by atoms with Crippen LogP contribution < -0.4 is 4.74 Å². The number of ether oxygens (including phenoxy) is 2. The van der Waals surface area contributed by atoms with Gasteiger partial charge < -0.3 is 9.47 Å². The number of nitrogens with zero attached hydrogens (tertiary/aromatic N) is 2. The lowest BCUT2D eigenvalue weighted by Crippen LogP contribution is -2.05. The summed E-state index contributed by atoms with van der Waals surface area (Å²) in [7, 11) is 1.61. The third-order valence-corrected chi connectivity index (χ3v) is 5.00. The van der Waals surface area contributed by atoms with E-state index in [-0.39, 0.29) is 6.61 Å². The molecule has 0 amide bonds. The maximum absolute atomic E-state index is 12.4. The fourth-order valence-corrected chi connectivity index (χ4v) is 3.37. The van der Waals surface area contributed by atoms with Crippen molar-refractivity contribution in [2.75, 3.05) is 7.11 Å². The summed E-state index contributed by atoms with van der Waals surface area (Å²) < 4.78 is 10.5. The predicted octanol–water partition coefficient (Wildman–Crippen LogP) is 4.36. The largest absolute Gasteiger partial charge is 0.497 e. The van der Waals surface area contributed by atoms with Gasteiger partial charge in [-0.2, -0.15) is 5.26 Å². The molecule has 0 aliphatic heterocycles. The summed E-state index contributed by atoms with van der Waals surface area (Å²) in [4.78, 5) is 17.4. The van der Waals surface area contributed by atoms with Gasteiger partial charge in [-0.05, 0) is 37.3 Å². The molecule has 0 aliphatic rings. The number of rotatable bonds is 5. The van der Waals surface area contributed by atoms with Crippen molar-refractivity contribution in [1.82, 2.24) is 4.98 Å². The SMILES string of the molecule is COc1ccc(-c2nc(C)c(C(=O)OCc3ccccc3C#N)s2)cc1. The van der Waals surface area contributed by atoms with Crippen molar-refractivity contribution in [2.24, 2.45) is 0 Å². The monoisotopic (exact) mass is 364 g/mol. The molecule has 0 N–H and O–H groups in total. The Kier molecular flexibility index (Phi) is 5.30. The fourth-order valence-electron chi connectivity index (χ4n) is 2.41. The van der Waals surface area contributed by atoms with E-state index in [9.17, 15) is 4.79 Å². The van der Waals surface area contributed by atoms with Gasteiger partial charge in [0.2, 0.25) is 0 Å². The number of hydrogen-bond acceptors (Lipinski definition) is 6. The van der Waals surface area contributed by atoms with Crippen molar-refractivity contribution in [2.45, 2.75) is 13.5 Å². The minimum absolute atomic E-state index is 0.0533. The average molecular weight is 364 g/mol. The topological polar surface area (TPSA) is 72.2 Å². The molecule has 1 heterocycles. The Bertz CT molecular complexity index is 971. The summed E-state index contributed by atoms with van der Waals surface area (Å²) in [5.74, 6) is 0.324. The number of thiazole rings is 1. The number of aromatic nitrogens is 1. The van der Waals surface area contributed by atoms with Crippen LogP contribution in [0.15, 0.2) is 48.5 Å². The average Bonchev–Trinajstić information content (AvgIpc) is 3.08. The molecule has 3 rings (SSSR count). The molecule has 0 atom stereocenters. The fraction of sp³-hybridized carbons (Fsp3) is 0.150. The summed E-state index contributed by atoms with van der Waals surface area (Å²) in [6, 6.07) is 16.6. The number of benzene rings is 2. The van der Waals surface area contributed by atoms with Crippen LogP contribution >= 0.6 is 11.3 Å². The molecular formula is C20H16N2O3S. The third kappa shape index (κ3) is 3.73. The van der Waals surface area contributed by atoms with Crippen LogP contribution in [0.1, 0.15) is 26.5 Å². The van der Waals surface area contributed by atoms with Crippen molar-refractivity contribution in [1.29, 1.82) is 5.26 Å². The van der Waals surface area contributed by atoms with Gasteiger partial charge in [-0.15, -0.1) is 11.3 Å². The molecule has 6 heteroatoms. The number of hydrogen-bond donors (Lipinski definition) is 0. The zero-order valence-electron chi connectivity index (χ0n) is 14.4. The van der Waals surface area contributed by atoms with E-state index in [0.29, 0.717) is 21.7 Å². The highest BCUT2D eigenvalue weighted by atomic mass is 32.1. The number of aryl methyl sites for hydroxylation is 1. The molecule has 0 bridgehead atoms. The first-order chi connectivity index (χ1) is 12.6. The summed E-state index contributed by atoms with van der Waals surface area (Å²) in [6.45, 7) is 1.83. The quantitative estimate of drug-likeness (QED) is 0.629. The molecule has 26 heavy (non-hydrogen) atoms. The number of methoxy groups -OCH3 is 1. The van der Waals surface area contributed by atoms with Crippen molar-refractivity contribution in [3.8, 4) is 22.4 Å². The third-order valence-electron chi connectivity index (χ3n) is 3.82. The van der Waals surface area contributed by atoms with Crippen LogP contribution in [0.4, 0.5) is 0 Å². The Morgan fingerprint density at radius 2 is 1.92 bits per heavy atom. The van der Waals surface area contributed by atoms with Crippen LogP contribution in [0.2, 0.25) is 0 Å². The lowest BCUT2D eigenvalue weighted by atomic mass is 10.1. The van der Waals surface area contributed by atoms with Gasteiger partial charge in [0.15, 0.2) is 0 Å². The molecule has 5 nitrogen and oxygen atoms in total. The zero-order valence-corrected chi connectivity index (χ0v) is 15.2. The number of esters is 1. The standard InChI is InChI=1S/C20H16N2O3S/c1-13-18(20(23)25-12-16-6-4-3-5-15(16)11-21)26-19(22-13)14-7-9-17(24-2)10-8-14/h3-10H,12H2,1-2H3. The van der Waals surface area contributed by atoms with Crippen molar-refractivity contribution >= 4 is 17.3 Å². The van der Waals surface area contributed by atoms with Gasteiger partial charge in [-0.25, -0.2) is 9.78 Å². The van der Waals surface area contributed by atoms with Crippen LogP contribution in [0.5, 0.6) is 5.75 Å². The molecule has 3 aromatic rings. The van der Waals surface area contributed by atoms with Crippen LogP contribution in [-0.2, 0) is 11.3 Å². The Hall–Kier alpha value is -3.17. The summed E-state index contributed by atoms with van der Waals surface area (Å²) in [6.07, 6.45) is 0. The first-order valence-electron chi connectivity index (χ1n) is 7.89. The highest BCUT2D eigenvalue weighted by Crippen LogP contribution is 2.29. The Labute approximate surface area is 155 Å². The maximum Gasteiger partial charge on any atom is 0.350 e. The summed E-state index contributed by atoms with van der Waals surface area (Å²) in [5.41, 5.74) is 2.72.